The van der Waals surface area contributed by atoms with Crippen LogP contribution in [0.3, 0.4) is 0 Å². The van der Waals surface area contributed by atoms with Crippen molar-refractivity contribution in [1.82, 2.24) is 4.90 Å². The van der Waals surface area contributed by atoms with Gasteiger partial charge in [-0.2, -0.15) is 13.2 Å². The second-order valence-electron chi connectivity index (χ2n) is 8.30. The highest BCUT2D eigenvalue weighted by Crippen LogP contribution is 2.49. The topological polar surface area (TPSA) is 88.4 Å². The van der Waals surface area contributed by atoms with Crippen molar-refractivity contribution in [3.05, 3.63) is 68.7 Å². The fraction of sp³-hybridized carbons (Fsp3) is 0.292. The van der Waals surface area contributed by atoms with Crippen LogP contribution in [0, 0.1) is 6.92 Å². The molecule has 4 rings (SSSR count). The highest BCUT2D eigenvalue weighted by molar-refractivity contribution is 6.50. The van der Waals surface area contributed by atoms with Crippen LogP contribution in [0.25, 0.3) is 0 Å². The fourth-order valence-corrected chi connectivity index (χ4v) is 4.63. The summed E-state index contributed by atoms with van der Waals surface area (Å²) in [5, 5.41) is 3.74. The minimum absolute atomic E-state index is 0.00647. The van der Waals surface area contributed by atoms with E-state index in [-0.39, 0.29) is 45.6 Å². The van der Waals surface area contributed by atoms with Gasteiger partial charge in [0, 0.05) is 34.1 Å². The van der Waals surface area contributed by atoms with Gasteiger partial charge in [0.05, 0.1) is 12.1 Å². The van der Waals surface area contributed by atoms with Crippen LogP contribution in [0.2, 0.25) is 10.0 Å². The molecule has 1 unspecified atom stereocenters. The van der Waals surface area contributed by atoms with E-state index in [1.165, 1.54) is 24.3 Å². The molecule has 0 N–H and O–H groups in total. The highest BCUT2D eigenvalue weighted by Gasteiger charge is 2.62. The number of aliphatic imine (C=N–C) groups is 1. The number of hydrogen-bond donors (Lipinski definition) is 0. The van der Waals surface area contributed by atoms with Gasteiger partial charge in [-0.1, -0.05) is 34.4 Å². The molecule has 2 heterocycles. The van der Waals surface area contributed by atoms with Crippen molar-refractivity contribution in [2.45, 2.75) is 38.5 Å². The number of likely N-dealkylation sites (tertiary alicyclic amines) is 1. The van der Waals surface area contributed by atoms with Crippen LogP contribution in [0.15, 0.2) is 46.5 Å². The van der Waals surface area contributed by atoms with Crippen molar-refractivity contribution in [2.75, 3.05) is 6.54 Å². The van der Waals surface area contributed by atoms with Crippen LogP contribution in [-0.4, -0.2) is 46.8 Å². The normalized spacial score (nSPS) is 21.2. The molecular weight excluding hydrogens is 522 g/mol. The zero-order chi connectivity index (χ0) is 26.4. The molecule has 2 aromatic rings. The Bertz CT molecular complexity index is 1340. The third-order valence-corrected chi connectivity index (χ3v) is 6.41. The molecule has 0 bridgehead atoms. The lowest BCUT2D eigenvalue weighted by Crippen LogP contribution is -2.42. The average Bonchev–Trinajstić information content (AvgIpc) is 3.35. The van der Waals surface area contributed by atoms with Crippen LogP contribution in [0.4, 0.5) is 13.2 Å². The lowest BCUT2D eigenvalue weighted by molar-refractivity contribution is -0.275. The maximum absolute atomic E-state index is 14.2. The first-order valence-electron chi connectivity index (χ1n) is 10.7. The summed E-state index contributed by atoms with van der Waals surface area (Å²) >= 11 is 11.9. The van der Waals surface area contributed by atoms with Gasteiger partial charge < -0.3 is 4.84 Å². The van der Waals surface area contributed by atoms with Crippen LogP contribution in [0.1, 0.15) is 46.8 Å². The van der Waals surface area contributed by atoms with Crippen molar-refractivity contribution in [1.29, 1.82) is 0 Å². The van der Waals surface area contributed by atoms with Crippen molar-refractivity contribution >= 4 is 52.3 Å². The molecule has 2 aliphatic rings. The van der Waals surface area contributed by atoms with Gasteiger partial charge in [0.15, 0.2) is 0 Å². The predicted molar refractivity (Wildman–Crippen MR) is 126 cm³/mol. The molecule has 12 heteroatoms. The first-order valence-corrected chi connectivity index (χ1v) is 11.5. The Morgan fingerprint density at radius 1 is 1.17 bits per heavy atom. The van der Waals surface area contributed by atoms with Crippen LogP contribution >= 0.6 is 23.2 Å². The number of imide groups is 1. The van der Waals surface area contributed by atoms with Gasteiger partial charge in [0.1, 0.15) is 5.71 Å². The fourth-order valence-electron chi connectivity index (χ4n) is 4.10. The molecule has 2 aromatic carbocycles. The monoisotopic (exact) mass is 539 g/mol. The zero-order valence-electron chi connectivity index (χ0n) is 18.9. The summed E-state index contributed by atoms with van der Waals surface area (Å²) in [4.78, 5) is 46.6. The largest absolute Gasteiger partial charge is 0.435 e. The molecule has 0 radical (unpaired) electrons. The molecule has 0 aromatic heterocycles. The first-order chi connectivity index (χ1) is 16.9. The number of alkyl halides is 3. The molecule has 0 spiro atoms. The Labute approximate surface area is 213 Å². The summed E-state index contributed by atoms with van der Waals surface area (Å²) in [6.45, 7) is 3.37. The number of rotatable bonds is 4. The van der Waals surface area contributed by atoms with Gasteiger partial charge in [0.2, 0.25) is 5.91 Å². The minimum Gasteiger partial charge on any atom is -0.374 e. The number of nitrogens with zero attached hydrogens (tertiary/aromatic N) is 3. The second-order valence-corrected chi connectivity index (χ2v) is 9.18. The molecule has 0 aliphatic carbocycles. The van der Waals surface area contributed by atoms with E-state index in [0.29, 0.717) is 11.1 Å². The molecular formula is C24H18Cl2F3N3O4. The number of carbonyl (C=O) groups is 3. The van der Waals surface area contributed by atoms with Crippen molar-refractivity contribution in [3.63, 3.8) is 0 Å². The van der Waals surface area contributed by atoms with E-state index in [1.807, 2.05) is 0 Å². The SMILES string of the molecule is CCN1C(=O)CC(=NC(=O)c2ccc(C3=NOC(c4cc(Cl)cc(Cl)c4)(C(F)(F)F)C3)cc2C)C1=O. The lowest BCUT2D eigenvalue weighted by atomic mass is 9.86. The number of halogens is 5. The van der Waals surface area contributed by atoms with E-state index >= 15 is 0 Å². The predicted octanol–water partition coefficient (Wildman–Crippen LogP) is 5.24. The zero-order valence-corrected chi connectivity index (χ0v) is 20.5. The van der Waals surface area contributed by atoms with Crippen LogP contribution in [-0.2, 0) is 20.0 Å². The van der Waals surface area contributed by atoms with Crippen LogP contribution in [0.5, 0.6) is 0 Å². The number of oxime groups is 1. The van der Waals surface area contributed by atoms with Gasteiger partial charge >= 0.3 is 6.18 Å². The van der Waals surface area contributed by atoms with E-state index in [9.17, 15) is 27.6 Å². The standard InChI is InChI=1S/C24H18Cl2F3N3O4/c1-3-32-20(33)10-18(22(32)35)30-21(34)17-5-4-13(6-12(17)2)19-11-23(36-31-19,24(27,28)29)14-7-15(25)9-16(26)8-14/h4-9H,3,10-11H2,1-2H3. The maximum Gasteiger partial charge on any atom is 0.435 e. The Kier molecular flexibility index (Phi) is 6.70. The molecule has 188 valence electrons. The summed E-state index contributed by atoms with van der Waals surface area (Å²) in [6.07, 6.45) is -5.76. The van der Waals surface area contributed by atoms with E-state index in [1.54, 1.807) is 13.8 Å². The number of carbonyl (C=O) groups excluding carboxylic acids is 3. The number of benzene rings is 2. The molecule has 0 saturated carbocycles. The minimum atomic E-state index is -4.84. The van der Waals surface area contributed by atoms with E-state index < -0.39 is 35.9 Å². The molecule has 1 saturated heterocycles. The lowest BCUT2D eigenvalue weighted by Gasteiger charge is -2.29. The highest BCUT2D eigenvalue weighted by atomic mass is 35.5. The summed E-state index contributed by atoms with van der Waals surface area (Å²) in [5.41, 5.74) is -2.39. The molecule has 36 heavy (non-hydrogen) atoms. The molecule has 2 aliphatic heterocycles. The van der Waals surface area contributed by atoms with E-state index in [4.69, 9.17) is 28.0 Å². The van der Waals surface area contributed by atoms with Gasteiger partial charge in [-0.25, -0.2) is 4.99 Å². The number of aryl methyl sites for hydroxylation is 1. The number of amides is 3. The van der Waals surface area contributed by atoms with Crippen molar-refractivity contribution in [3.8, 4) is 0 Å². The quantitative estimate of drug-likeness (QED) is 0.496. The summed E-state index contributed by atoms with van der Waals surface area (Å²) in [6, 6.07) is 7.83. The second kappa shape index (κ2) is 9.33. The average molecular weight is 540 g/mol. The Morgan fingerprint density at radius 3 is 2.39 bits per heavy atom. The summed E-state index contributed by atoms with van der Waals surface area (Å²) in [7, 11) is 0. The van der Waals surface area contributed by atoms with Gasteiger partial charge in [0.25, 0.3) is 17.4 Å². The number of hydrogen-bond acceptors (Lipinski definition) is 5. The van der Waals surface area contributed by atoms with Crippen molar-refractivity contribution in [2.24, 2.45) is 10.1 Å². The molecule has 3 amide bonds. The van der Waals surface area contributed by atoms with Crippen molar-refractivity contribution < 1.29 is 32.4 Å². The molecule has 1 atom stereocenters. The van der Waals surface area contributed by atoms with E-state index in [2.05, 4.69) is 10.1 Å². The van der Waals surface area contributed by atoms with Gasteiger partial charge in [-0.15, -0.1) is 0 Å². The summed E-state index contributed by atoms with van der Waals surface area (Å²) in [5.74, 6) is -1.79. The maximum atomic E-state index is 14.2. The van der Waals surface area contributed by atoms with Gasteiger partial charge in [-0.3, -0.25) is 19.3 Å². The summed E-state index contributed by atoms with van der Waals surface area (Å²) < 4.78 is 42.6. The van der Waals surface area contributed by atoms with E-state index in [0.717, 1.165) is 17.0 Å². The smallest absolute Gasteiger partial charge is 0.374 e. The third-order valence-electron chi connectivity index (χ3n) is 5.97. The Balaban J connectivity index is 1.61. The molecule has 7 nitrogen and oxygen atoms in total. The van der Waals surface area contributed by atoms with Crippen LogP contribution < -0.4 is 0 Å². The van der Waals surface area contributed by atoms with Gasteiger partial charge in [-0.05, 0) is 55.3 Å². The molecule has 1 fully saturated rings. The first kappa shape index (κ1) is 25.8. The third kappa shape index (κ3) is 4.51. The Hall–Kier alpha value is -3.24. The Morgan fingerprint density at radius 2 is 1.83 bits per heavy atom.